The van der Waals surface area contributed by atoms with Gasteiger partial charge in [0.25, 0.3) is 0 Å². The third-order valence-electron chi connectivity index (χ3n) is 5.39. The molecule has 158 valence electrons. The van der Waals surface area contributed by atoms with Crippen LogP contribution < -0.4 is 5.84 Å². The SMILES string of the molecule is CCCc1ccc(C(=O)[C@@H](C)Sc2nnc(Cc3cccc4ccccc34)n2N)cc1. The molecule has 0 aliphatic carbocycles. The Morgan fingerprint density at radius 1 is 1.03 bits per heavy atom. The van der Waals surface area contributed by atoms with Gasteiger partial charge in [0.15, 0.2) is 11.6 Å². The van der Waals surface area contributed by atoms with Gasteiger partial charge in [-0.05, 0) is 35.2 Å². The topological polar surface area (TPSA) is 73.8 Å². The minimum atomic E-state index is -0.311. The average molecular weight is 431 g/mol. The van der Waals surface area contributed by atoms with E-state index in [-0.39, 0.29) is 11.0 Å². The highest BCUT2D eigenvalue weighted by molar-refractivity contribution is 8.00. The lowest BCUT2D eigenvalue weighted by atomic mass is 10.0. The molecule has 0 spiro atoms. The number of nitrogens with two attached hydrogens (primary N) is 1. The smallest absolute Gasteiger partial charge is 0.210 e. The number of thioether (sulfide) groups is 1. The monoisotopic (exact) mass is 430 g/mol. The van der Waals surface area contributed by atoms with Crippen molar-refractivity contribution in [3.8, 4) is 0 Å². The first kappa shape index (κ1) is 21.1. The molecule has 0 saturated carbocycles. The molecule has 0 radical (unpaired) electrons. The van der Waals surface area contributed by atoms with E-state index in [0.29, 0.717) is 23.0 Å². The second kappa shape index (κ2) is 9.35. The summed E-state index contributed by atoms with van der Waals surface area (Å²) in [5.74, 6) is 7.03. The van der Waals surface area contributed by atoms with Crippen LogP contribution in [0.3, 0.4) is 0 Å². The molecule has 2 N–H and O–H groups in total. The number of nitrogens with zero attached hydrogens (tertiary/aromatic N) is 3. The van der Waals surface area contributed by atoms with E-state index < -0.39 is 0 Å². The summed E-state index contributed by atoms with van der Waals surface area (Å²) in [6, 6.07) is 22.3. The number of benzene rings is 3. The number of carbonyl (C=O) groups is 1. The van der Waals surface area contributed by atoms with Crippen LogP contribution in [0.2, 0.25) is 0 Å². The highest BCUT2D eigenvalue weighted by atomic mass is 32.2. The fourth-order valence-electron chi connectivity index (χ4n) is 3.70. The van der Waals surface area contributed by atoms with Gasteiger partial charge < -0.3 is 5.84 Å². The Morgan fingerprint density at radius 2 is 1.77 bits per heavy atom. The molecule has 31 heavy (non-hydrogen) atoms. The molecule has 0 unspecified atom stereocenters. The Labute approximate surface area is 186 Å². The quantitative estimate of drug-likeness (QED) is 0.240. The van der Waals surface area contributed by atoms with Crippen LogP contribution in [0.25, 0.3) is 10.8 Å². The summed E-state index contributed by atoms with van der Waals surface area (Å²) < 4.78 is 1.50. The molecule has 1 heterocycles. The summed E-state index contributed by atoms with van der Waals surface area (Å²) in [5, 5.41) is 11.1. The average Bonchev–Trinajstić information content (AvgIpc) is 3.13. The van der Waals surface area contributed by atoms with E-state index in [1.165, 1.54) is 32.8 Å². The van der Waals surface area contributed by atoms with Crippen molar-refractivity contribution in [1.29, 1.82) is 0 Å². The molecular formula is C25H26N4OS. The predicted molar refractivity (Wildman–Crippen MR) is 127 cm³/mol. The van der Waals surface area contributed by atoms with Gasteiger partial charge in [-0.3, -0.25) is 4.79 Å². The van der Waals surface area contributed by atoms with Gasteiger partial charge in [-0.15, -0.1) is 10.2 Å². The minimum Gasteiger partial charge on any atom is -0.336 e. The number of Topliss-reactive ketones (excluding diaryl/α,β-unsaturated/α-hetero) is 1. The predicted octanol–water partition coefficient (Wildman–Crippen LogP) is 5.05. The van der Waals surface area contributed by atoms with E-state index in [2.05, 4.69) is 41.4 Å². The van der Waals surface area contributed by atoms with E-state index in [9.17, 15) is 4.79 Å². The van der Waals surface area contributed by atoms with Crippen LogP contribution in [0.5, 0.6) is 0 Å². The van der Waals surface area contributed by atoms with Crippen molar-refractivity contribution in [3.05, 3.63) is 89.2 Å². The standard InChI is InChI=1S/C25H26N4OS/c1-3-7-18-12-14-20(15-13-18)24(30)17(2)31-25-28-27-23(29(25)26)16-21-10-6-9-19-8-4-5-11-22(19)21/h4-6,8-15,17H,3,7,16,26H2,1-2H3/t17-/m1/s1. The van der Waals surface area contributed by atoms with Crippen molar-refractivity contribution in [1.82, 2.24) is 14.9 Å². The molecule has 0 aliphatic heterocycles. The zero-order chi connectivity index (χ0) is 21.8. The Bertz CT molecular complexity index is 1190. The Hall–Kier alpha value is -3.12. The summed E-state index contributed by atoms with van der Waals surface area (Å²) in [6.07, 6.45) is 2.69. The van der Waals surface area contributed by atoms with E-state index in [1.54, 1.807) is 0 Å². The molecule has 4 rings (SSSR count). The van der Waals surface area contributed by atoms with Crippen LogP contribution in [0.4, 0.5) is 0 Å². The van der Waals surface area contributed by atoms with Gasteiger partial charge in [-0.2, -0.15) is 0 Å². The molecule has 0 amide bonds. The summed E-state index contributed by atoms with van der Waals surface area (Å²) in [6.45, 7) is 4.03. The third kappa shape index (κ3) is 4.64. The number of hydrogen-bond acceptors (Lipinski definition) is 5. The van der Waals surface area contributed by atoms with Crippen molar-refractivity contribution >= 4 is 28.3 Å². The van der Waals surface area contributed by atoms with E-state index in [0.717, 1.165) is 18.4 Å². The second-order valence-corrected chi connectivity index (χ2v) is 8.96. The van der Waals surface area contributed by atoms with Crippen molar-refractivity contribution in [2.75, 3.05) is 5.84 Å². The van der Waals surface area contributed by atoms with Crippen LogP contribution in [0.1, 0.15) is 47.6 Å². The number of rotatable bonds is 8. The maximum atomic E-state index is 12.9. The minimum absolute atomic E-state index is 0.0617. The number of ketones is 1. The Morgan fingerprint density at radius 3 is 2.55 bits per heavy atom. The first-order valence-corrected chi connectivity index (χ1v) is 11.4. The van der Waals surface area contributed by atoms with Gasteiger partial charge in [0.2, 0.25) is 5.16 Å². The maximum Gasteiger partial charge on any atom is 0.210 e. The van der Waals surface area contributed by atoms with Gasteiger partial charge >= 0.3 is 0 Å². The second-order valence-electron chi connectivity index (χ2n) is 7.66. The maximum absolute atomic E-state index is 12.9. The lowest BCUT2D eigenvalue weighted by Gasteiger charge is -2.11. The molecule has 0 saturated heterocycles. The molecule has 6 heteroatoms. The summed E-state index contributed by atoms with van der Waals surface area (Å²) >= 11 is 1.34. The normalized spacial score (nSPS) is 12.2. The number of carbonyl (C=O) groups excluding carboxylic acids is 1. The zero-order valence-corrected chi connectivity index (χ0v) is 18.6. The number of hydrogen-bond donors (Lipinski definition) is 1. The zero-order valence-electron chi connectivity index (χ0n) is 17.8. The Kier molecular flexibility index (Phi) is 6.37. The van der Waals surface area contributed by atoms with Gasteiger partial charge in [0.05, 0.1) is 5.25 Å². The lowest BCUT2D eigenvalue weighted by Crippen LogP contribution is -2.18. The summed E-state index contributed by atoms with van der Waals surface area (Å²) in [5.41, 5.74) is 3.10. The first-order chi connectivity index (χ1) is 15.1. The molecule has 3 aromatic carbocycles. The van der Waals surface area contributed by atoms with Crippen molar-refractivity contribution < 1.29 is 4.79 Å². The largest absolute Gasteiger partial charge is 0.336 e. The molecule has 1 atom stereocenters. The van der Waals surface area contributed by atoms with Gasteiger partial charge in [0.1, 0.15) is 0 Å². The molecule has 4 aromatic rings. The van der Waals surface area contributed by atoms with E-state index >= 15 is 0 Å². The van der Waals surface area contributed by atoms with Crippen molar-refractivity contribution in [3.63, 3.8) is 0 Å². The molecule has 0 bridgehead atoms. The third-order valence-corrected chi connectivity index (χ3v) is 6.45. The van der Waals surface area contributed by atoms with Crippen molar-refractivity contribution in [2.24, 2.45) is 0 Å². The van der Waals surface area contributed by atoms with E-state index in [1.807, 2.05) is 49.4 Å². The van der Waals surface area contributed by atoms with Crippen molar-refractivity contribution in [2.45, 2.75) is 43.5 Å². The van der Waals surface area contributed by atoms with Crippen LogP contribution in [0, 0.1) is 0 Å². The van der Waals surface area contributed by atoms with Crippen LogP contribution >= 0.6 is 11.8 Å². The molecule has 1 aromatic heterocycles. The lowest BCUT2D eigenvalue weighted by molar-refractivity contribution is 0.0994. The fraction of sp³-hybridized carbons (Fsp3) is 0.240. The molecular weight excluding hydrogens is 404 g/mol. The molecule has 5 nitrogen and oxygen atoms in total. The Balaban J connectivity index is 1.48. The number of aromatic nitrogens is 3. The first-order valence-electron chi connectivity index (χ1n) is 10.5. The summed E-state index contributed by atoms with van der Waals surface area (Å²) in [7, 11) is 0. The molecule has 0 fully saturated rings. The van der Waals surface area contributed by atoms with Gasteiger partial charge in [-0.25, -0.2) is 4.68 Å². The highest BCUT2D eigenvalue weighted by Crippen LogP contribution is 2.26. The van der Waals surface area contributed by atoms with Gasteiger partial charge in [0, 0.05) is 12.0 Å². The number of fused-ring (bicyclic) bond motifs is 1. The molecule has 0 aliphatic rings. The van der Waals surface area contributed by atoms with Crippen LogP contribution in [-0.2, 0) is 12.8 Å². The van der Waals surface area contributed by atoms with Gasteiger partial charge in [-0.1, -0.05) is 91.8 Å². The number of nitrogen functional groups attached to an aromatic ring is 1. The van der Waals surface area contributed by atoms with Crippen LogP contribution in [-0.4, -0.2) is 25.9 Å². The highest BCUT2D eigenvalue weighted by Gasteiger charge is 2.21. The fourth-order valence-corrected chi connectivity index (χ4v) is 4.56. The summed E-state index contributed by atoms with van der Waals surface area (Å²) in [4.78, 5) is 12.9. The number of aryl methyl sites for hydroxylation is 1. The van der Waals surface area contributed by atoms with E-state index in [4.69, 9.17) is 5.84 Å². The van der Waals surface area contributed by atoms with Crippen LogP contribution in [0.15, 0.2) is 71.9 Å².